The Bertz CT molecular complexity index is 746. The number of hydrogen-bond donors (Lipinski definition) is 2. The Balaban J connectivity index is 1.51. The molecule has 0 spiro atoms. The summed E-state index contributed by atoms with van der Waals surface area (Å²) in [6.07, 6.45) is 14.3. The highest BCUT2D eigenvalue weighted by molar-refractivity contribution is 5.91. The average Bonchev–Trinajstić information content (AvgIpc) is 2.96. The molecular formula is C26H39NO2. The molecule has 4 aliphatic carbocycles. The van der Waals surface area contributed by atoms with Gasteiger partial charge in [0.2, 0.25) is 0 Å². The molecule has 3 saturated carbocycles. The summed E-state index contributed by atoms with van der Waals surface area (Å²) in [7, 11) is 0. The molecule has 3 N–H and O–H groups in total. The average molecular weight is 398 g/mol. The van der Waals surface area contributed by atoms with E-state index in [1.54, 1.807) is 0 Å². The van der Waals surface area contributed by atoms with Gasteiger partial charge >= 0.3 is 0 Å². The molecule has 0 aromatic carbocycles. The van der Waals surface area contributed by atoms with Crippen LogP contribution in [0.2, 0.25) is 0 Å². The Morgan fingerprint density at radius 2 is 1.86 bits per heavy atom. The van der Waals surface area contributed by atoms with Crippen LogP contribution in [0.15, 0.2) is 11.6 Å². The van der Waals surface area contributed by atoms with E-state index in [0.717, 1.165) is 64.3 Å². The quantitative estimate of drug-likeness (QED) is 0.530. The summed E-state index contributed by atoms with van der Waals surface area (Å²) < 4.78 is 0. The third-order valence-corrected chi connectivity index (χ3v) is 9.41. The number of carbonyl (C=O) groups is 1. The van der Waals surface area contributed by atoms with Gasteiger partial charge in [0.1, 0.15) is 5.60 Å². The molecule has 0 aliphatic heterocycles. The summed E-state index contributed by atoms with van der Waals surface area (Å²) in [5.74, 6) is 8.92. The first-order chi connectivity index (χ1) is 13.8. The zero-order chi connectivity index (χ0) is 20.7. The normalized spacial score (nSPS) is 43.5. The van der Waals surface area contributed by atoms with Crippen LogP contribution in [0.25, 0.3) is 0 Å². The number of rotatable bonds is 4. The summed E-state index contributed by atoms with van der Waals surface area (Å²) in [5, 5.41) is 11.6. The van der Waals surface area contributed by atoms with Crippen molar-refractivity contribution in [2.45, 2.75) is 96.5 Å². The zero-order valence-electron chi connectivity index (χ0n) is 18.4. The monoisotopic (exact) mass is 397 g/mol. The third-order valence-electron chi connectivity index (χ3n) is 9.41. The second-order valence-electron chi connectivity index (χ2n) is 10.7. The minimum absolute atomic E-state index is 0.0828. The van der Waals surface area contributed by atoms with E-state index in [1.165, 1.54) is 18.4 Å². The van der Waals surface area contributed by atoms with E-state index in [9.17, 15) is 9.90 Å². The molecule has 0 unspecified atom stereocenters. The van der Waals surface area contributed by atoms with Crippen molar-refractivity contribution in [1.82, 2.24) is 0 Å². The van der Waals surface area contributed by atoms with Crippen molar-refractivity contribution in [3.63, 3.8) is 0 Å². The number of aliphatic hydroxyl groups is 1. The van der Waals surface area contributed by atoms with E-state index in [4.69, 9.17) is 5.73 Å². The lowest BCUT2D eigenvalue weighted by Gasteiger charge is -2.58. The second-order valence-corrected chi connectivity index (χ2v) is 10.7. The molecule has 0 radical (unpaired) electrons. The van der Waals surface area contributed by atoms with Crippen LogP contribution in [-0.4, -0.2) is 23.0 Å². The summed E-state index contributed by atoms with van der Waals surface area (Å²) in [4.78, 5) is 12.0. The Morgan fingerprint density at radius 3 is 2.66 bits per heavy atom. The lowest BCUT2D eigenvalue weighted by atomic mass is 9.46. The van der Waals surface area contributed by atoms with E-state index in [-0.39, 0.29) is 10.8 Å². The van der Waals surface area contributed by atoms with Crippen molar-refractivity contribution in [2.24, 2.45) is 34.3 Å². The first-order valence-corrected chi connectivity index (χ1v) is 12.0. The number of carbonyl (C=O) groups excluding carboxylic acids is 1. The predicted molar refractivity (Wildman–Crippen MR) is 117 cm³/mol. The lowest BCUT2D eigenvalue weighted by molar-refractivity contribution is -0.119. The fourth-order valence-electron chi connectivity index (χ4n) is 7.52. The van der Waals surface area contributed by atoms with Crippen LogP contribution in [0.1, 0.15) is 90.9 Å². The topological polar surface area (TPSA) is 63.3 Å². The van der Waals surface area contributed by atoms with Gasteiger partial charge in [-0.1, -0.05) is 31.8 Å². The Morgan fingerprint density at radius 1 is 1.07 bits per heavy atom. The Labute approximate surface area is 176 Å². The van der Waals surface area contributed by atoms with Crippen LogP contribution in [0, 0.1) is 40.4 Å². The molecule has 29 heavy (non-hydrogen) atoms. The van der Waals surface area contributed by atoms with E-state index in [2.05, 4.69) is 25.7 Å². The highest BCUT2D eigenvalue weighted by Crippen LogP contribution is 2.67. The van der Waals surface area contributed by atoms with E-state index in [0.29, 0.717) is 30.0 Å². The van der Waals surface area contributed by atoms with Gasteiger partial charge in [0.25, 0.3) is 0 Å². The highest BCUT2D eigenvalue weighted by atomic mass is 16.3. The molecule has 0 saturated heterocycles. The molecule has 3 heteroatoms. The van der Waals surface area contributed by atoms with Gasteiger partial charge in [-0.2, -0.15) is 0 Å². The Kier molecular flexibility index (Phi) is 5.73. The number of ketones is 1. The summed E-state index contributed by atoms with van der Waals surface area (Å²) >= 11 is 0. The van der Waals surface area contributed by atoms with Crippen molar-refractivity contribution >= 4 is 5.78 Å². The van der Waals surface area contributed by atoms with Gasteiger partial charge in [0.15, 0.2) is 5.78 Å². The molecule has 0 aromatic heterocycles. The standard InChI is InChI=1S/C26H39NO2/c1-24-14-10-20(28)18-19(24)8-9-21-22(24)11-15-25(2)23(21)12-16-26(25,29)13-6-4-3-5-7-17-27/h18,21-23,29H,3-5,7-12,14-17,27H2,1-2H3/t21-,22+,23+,24+,25+,26+/m1/s1. The Hall–Kier alpha value is -1.11. The van der Waals surface area contributed by atoms with Crippen LogP contribution in [0.5, 0.6) is 0 Å². The molecule has 0 bridgehead atoms. The number of nitrogens with two attached hydrogens (primary N) is 1. The SMILES string of the molecule is C[C@]12CCC(=O)C=C1CC[C@@H]1[C@@H]2CC[C@@]2(C)[C@H]1CC[C@@]2(O)C#CCCCCCN. The maximum atomic E-state index is 12.0. The predicted octanol–water partition coefficient (Wildman–Crippen LogP) is 4.77. The van der Waals surface area contributed by atoms with E-state index < -0.39 is 5.60 Å². The molecule has 6 atom stereocenters. The zero-order valence-corrected chi connectivity index (χ0v) is 18.4. The molecule has 0 aromatic rings. The largest absolute Gasteiger partial charge is 0.377 e. The van der Waals surface area contributed by atoms with Crippen molar-refractivity contribution in [1.29, 1.82) is 0 Å². The van der Waals surface area contributed by atoms with E-state index >= 15 is 0 Å². The minimum atomic E-state index is -0.823. The molecule has 4 rings (SSSR count). The van der Waals surface area contributed by atoms with Gasteiger partial charge in [0, 0.05) is 18.3 Å². The molecule has 160 valence electrons. The number of hydrogen-bond acceptors (Lipinski definition) is 3. The fraction of sp³-hybridized carbons (Fsp3) is 0.808. The first kappa shape index (κ1) is 21.1. The number of fused-ring (bicyclic) bond motifs is 5. The van der Waals surface area contributed by atoms with Crippen LogP contribution in [0.4, 0.5) is 0 Å². The summed E-state index contributed by atoms with van der Waals surface area (Å²) in [5.41, 5.74) is 6.29. The molecule has 3 nitrogen and oxygen atoms in total. The van der Waals surface area contributed by atoms with Gasteiger partial charge in [-0.05, 0) is 93.6 Å². The van der Waals surface area contributed by atoms with Crippen LogP contribution < -0.4 is 5.73 Å². The molecular weight excluding hydrogens is 358 g/mol. The van der Waals surface area contributed by atoms with Gasteiger partial charge in [-0.15, -0.1) is 5.92 Å². The van der Waals surface area contributed by atoms with Crippen molar-refractivity contribution in [3.8, 4) is 11.8 Å². The highest BCUT2D eigenvalue weighted by Gasteiger charge is 2.63. The first-order valence-electron chi connectivity index (χ1n) is 12.0. The fourth-order valence-corrected chi connectivity index (χ4v) is 7.52. The van der Waals surface area contributed by atoms with Crippen molar-refractivity contribution in [2.75, 3.05) is 6.54 Å². The van der Waals surface area contributed by atoms with Crippen molar-refractivity contribution < 1.29 is 9.90 Å². The van der Waals surface area contributed by atoms with Gasteiger partial charge in [-0.25, -0.2) is 0 Å². The molecule has 4 aliphatic rings. The maximum absolute atomic E-state index is 12.0. The van der Waals surface area contributed by atoms with Crippen LogP contribution in [0.3, 0.4) is 0 Å². The molecule has 0 heterocycles. The third kappa shape index (κ3) is 3.41. The minimum Gasteiger partial charge on any atom is -0.377 e. The van der Waals surface area contributed by atoms with Gasteiger partial charge in [-0.3, -0.25) is 4.79 Å². The maximum Gasteiger partial charge on any atom is 0.155 e. The smallest absolute Gasteiger partial charge is 0.155 e. The number of allylic oxidation sites excluding steroid dienone is 1. The number of unbranched alkanes of at least 4 members (excludes halogenated alkanes) is 3. The van der Waals surface area contributed by atoms with Crippen LogP contribution >= 0.6 is 0 Å². The lowest BCUT2D eigenvalue weighted by Crippen LogP contribution is -2.54. The van der Waals surface area contributed by atoms with E-state index in [1.807, 2.05) is 6.08 Å². The second kappa shape index (κ2) is 7.86. The summed E-state index contributed by atoms with van der Waals surface area (Å²) in [6, 6.07) is 0. The van der Waals surface area contributed by atoms with Crippen LogP contribution in [-0.2, 0) is 4.79 Å². The van der Waals surface area contributed by atoms with Crippen molar-refractivity contribution in [3.05, 3.63) is 11.6 Å². The summed E-state index contributed by atoms with van der Waals surface area (Å²) in [6.45, 7) is 5.50. The molecule has 3 fully saturated rings. The molecule has 0 amide bonds. The van der Waals surface area contributed by atoms with Gasteiger partial charge < -0.3 is 10.8 Å². The van der Waals surface area contributed by atoms with Gasteiger partial charge in [0.05, 0.1) is 0 Å².